The maximum atomic E-state index is 13.4. The molecule has 1 unspecified atom stereocenters. The van der Waals surface area contributed by atoms with E-state index in [2.05, 4.69) is 15.5 Å². The van der Waals surface area contributed by atoms with Gasteiger partial charge in [0.15, 0.2) is 5.54 Å². The second kappa shape index (κ2) is 11.1. The third-order valence-corrected chi connectivity index (χ3v) is 7.47. The van der Waals surface area contributed by atoms with Crippen molar-refractivity contribution in [1.82, 2.24) is 15.1 Å². The highest BCUT2D eigenvalue weighted by Gasteiger charge is 2.49. The number of hydrogen-bond acceptors (Lipinski definition) is 5. The number of amides is 2. The minimum atomic E-state index is -1.15. The molecule has 5 rings (SSSR count). The molecule has 1 saturated heterocycles. The van der Waals surface area contributed by atoms with Crippen LogP contribution in [-0.4, -0.2) is 61.1 Å². The number of carbonyl (C=O) groups excluding carboxylic acids is 2. The highest BCUT2D eigenvalue weighted by molar-refractivity contribution is 6.32. The van der Waals surface area contributed by atoms with Crippen LogP contribution in [0, 0.1) is 0 Å². The van der Waals surface area contributed by atoms with Crippen LogP contribution in [0.25, 0.3) is 0 Å². The van der Waals surface area contributed by atoms with Crippen LogP contribution >= 0.6 is 23.2 Å². The van der Waals surface area contributed by atoms with Gasteiger partial charge in [0.25, 0.3) is 5.91 Å². The molecule has 3 aromatic carbocycles. The number of nitrogens with zero attached hydrogens (tertiary/aromatic N) is 2. The molecule has 0 saturated carbocycles. The minimum Gasteiger partial charge on any atom is -0.445 e. The summed E-state index contributed by atoms with van der Waals surface area (Å²) in [6.07, 6.45) is -0.296. The van der Waals surface area contributed by atoms with Crippen LogP contribution < -0.4 is 10.6 Å². The van der Waals surface area contributed by atoms with E-state index in [1.54, 1.807) is 17.0 Å². The molecule has 0 aromatic heterocycles. The van der Waals surface area contributed by atoms with E-state index in [0.29, 0.717) is 47.5 Å². The average molecular weight is 539 g/mol. The molecule has 2 aliphatic heterocycles. The molecule has 0 aliphatic carbocycles. The number of ether oxygens (including phenoxy) is 1. The van der Waals surface area contributed by atoms with Gasteiger partial charge in [0.2, 0.25) is 0 Å². The largest absolute Gasteiger partial charge is 0.445 e. The first-order chi connectivity index (χ1) is 18.0. The third kappa shape index (κ3) is 5.31. The highest BCUT2D eigenvalue weighted by atomic mass is 35.5. The summed E-state index contributed by atoms with van der Waals surface area (Å²) in [5.41, 5.74) is 1.96. The van der Waals surface area contributed by atoms with Crippen molar-refractivity contribution in [3.05, 3.63) is 99.5 Å². The predicted molar refractivity (Wildman–Crippen MR) is 145 cm³/mol. The Morgan fingerprint density at radius 3 is 2.43 bits per heavy atom. The Morgan fingerprint density at radius 1 is 0.946 bits per heavy atom. The molecule has 2 amide bonds. The monoisotopic (exact) mass is 538 g/mol. The summed E-state index contributed by atoms with van der Waals surface area (Å²) in [6, 6.07) is 22.4. The van der Waals surface area contributed by atoms with E-state index >= 15 is 0 Å². The Labute approximate surface area is 226 Å². The first-order valence-electron chi connectivity index (χ1n) is 12.3. The lowest BCUT2D eigenvalue weighted by Gasteiger charge is -2.35. The van der Waals surface area contributed by atoms with E-state index < -0.39 is 5.54 Å². The van der Waals surface area contributed by atoms with Crippen molar-refractivity contribution in [2.75, 3.05) is 44.6 Å². The molecular weight excluding hydrogens is 511 g/mol. The molecule has 1 fully saturated rings. The Bertz CT molecular complexity index is 1280. The summed E-state index contributed by atoms with van der Waals surface area (Å²) in [6.45, 7) is 4.10. The van der Waals surface area contributed by atoms with Gasteiger partial charge < -0.3 is 15.0 Å². The topological polar surface area (TPSA) is 73.9 Å². The van der Waals surface area contributed by atoms with Crippen molar-refractivity contribution in [3.8, 4) is 0 Å². The lowest BCUT2D eigenvalue weighted by atomic mass is 9.83. The van der Waals surface area contributed by atoms with Gasteiger partial charge in [-0.2, -0.15) is 0 Å². The van der Waals surface area contributed by atoms with Gasteiger partial charge in [-0.1, -0.05) is 71.7 Å². The van der Waals surface area contributed by atoms with Gasteiger partial charge in [-0.05, 0) is 29.8 Å². The van der Waals surface area contributed by atoms with E-state index in [1.807, 2.05) is 60.7 Å². The molecule has 2 N–H and O–H groups in total. The van der Waals surface area contributed by atoms with Gasteiger partial charge in [0.05, 0.1) is 0 Å². The van der Waals surface area contributed by atoms with Crippen LogP contribution in [0.5, 0.6) is 0 Å². The van der Waals surface area contributed by atoms with E-state index in [1.165, 1.54) is 0 Å². The Balaban J connectivity index is 1.21. The van der Waals surface area contributed by atoms with Crippen molar-refractivity contribution >= 4 is 40.9 Å². The number of benzene rings is 3. The van der Waals surface area contributed by atoms with Crippen molar-refractivity contribution in [2.24, 2.45) is 0 Å². The molecule has 3 aromatic rings. The zero-order chi connectivity index (χ0) is 25.8. The molecule has 9 heteroatoms. The first-order valence-corrected chi connectivity index (χ1v) is 13.0. The van der Waals surface area contributed by atoms with E-state index in [-0.39, 0.29) is 18.6 Å². The zero-order valence-electron chi connectivity index (χ0n) is 20.3. The predicted octanol–water partition coefficient (Wildman–Crippen LogP) is 4.73. The molecule has 0 spiro atoms. The van der Waals surface area contributed by atoms with Crippen molar-refractivity contribution in [2.45, 2.75) is 12.1 Å². The summed E-state index contributed by atoms with van der Waals surface area (Å²) in [5, 5.41) is 7.53. The molecular formula is C28H28Cl2N4O3. The lowest BCUT2D eigenvalue weighted by molar-refractivity contribution is -0.120. The molecule has 2 aliphatic rings. The average Bonchev–Trinajstić information content (AvgIpc) is 3.19. The normalized spacial score (nSPS) is 19.4. The van der Waals surface area contributed by atoms with Crippen LogP contribution in [0.3, 0.4) is 0 Å². The smallest absolute Gasteiger partial charge is 0.410 e. The summed E-state index contributed by atoms with van der Waals surface area (Å²) in [5.74, 6) is -0.191. The van der Waals surface area contributed by atoms with Gasteiger partial charge in [-0.3, -0.25) is 15.0 Å². The number of rotatable bonds is 7. The molecule has 192 valence electrons. The Morgan fingerprint density at radius 2 is 1.68 bits per heavy atom. The summed E-state index contributed by atoms with van der Waals surface area (Å²) >= 11 is 12.9. The molecule has 1 atom stereocenters. The summed E-state index contributed by atoms with van der Waals surface area (Å²) in [7, 11) is 0. The molecule has 0 bridgehead atoms. The van der Waals surface area contributed by atoms with Gasteiger partial charge in [0, 0.05) is 66.1 Å². The Kier molecular flexibility index (Phi) is 7.67. The highest BCUT2D eigenvalue weighted by Crippen LogP contribution is 2.44. The second-order valence-corrected chi connectivity index (χ2v) is 10.0. The number of nitrogens with one attached hydrogen (secondary N) is 2. The fourth-order valence-electron chi connectivity index (χ4n) is 4.94. The summed E-state index contributed by atoms with van der Waals surface area (Å²) in [4.78, 5) is 29.9. The van der Waals surface area contributed by atoms with Crippen molar-refractivity contribution < 1.29 is 14.3 Å². The van der Waals surface area contributed by atoms with Gasteiger partial charge in [-0.15, -0.1) is 0 Å². The number of halogens is 2. The quantitative estimate of drug-likeness (QED) is 0.454. The lowest BCUT2D eigenvalue weighted by Crippen LogP contribution is -2.54. The standard InChI is InChI=1S/C28H28Cl2N4O3/c29-21-10-11-25-23(18-21)28(26(35)32-25,22-8-4-5-9-24(22)30)31-12-13-33-14-16-34(17-15-33)27(36)37-19-20-6-2-1-3-7-20/h1-11,18,31H,12-17,19H2,(H,32,35). The van der Waals surface area contributed by atoms with Crippen LogP contribution in [0.2, 0.25) is 10.0 Å². The second-order valence-electron chi connectivity index (χ2n) is 9.17. The molecule has 37 heavy (non-hydrogen) atoms. The van der Waals surface area contributed by atoms with Gasteiger partial charge >= 0.3 is 6.09 Å². The first kappa shape index (κ1) is 25.5. The fraction of sp³-hybridized carbons (Fsp3) is 0.286. The molecule has 0 radical (unpaired) electrons. The number of fused-ring (bicyclic) bond motifs is 1. The van der Waals surface area contributed by atoms with E-state index in [0.717, 1.165) is 24.2 Å². The van der Waals surface area contributed by atoms with Gasteiger partial charge in [-0.25, -0.2) is 4.79 Å². The molecule has 2 heterocycles. The minimum absolute atomic E-state index is 0.191. The fourth-order valence-corrected chi connectivity index (χ4v) is 5.39. The molecule has 7 nitrogen and oxygen atoms in total. The van der Waals surface area contributed by atoms with Crippen molar-refractivity contribution in [1.29, 1.82) is 0 Å². The van der Waals surface area contributed by atoms with Crippen LogP contribution in [0.1, 0.15) is 16.7 Å². The number of piperazine rings is 1. The SMILES string of the molecule is O=C(OCc1ccccc1)N1CCN(CCNC2(c3ccccc3Cl)C(=O)Nc3ccc(Cl)cc32)CC1. The van der Waals surface area contributed by atoms with E-state index in [9.17, 15) is 9.59 Å². The number of hydrogen-bond donors (Lipinski definition) is 2. The zero-order valence-corrected chi connectivity index (χ0v) is 21.8. The van der Waals surface area contributed by atoms with Crippen LogP contribution in [0.15, 0.2) is 72.8 Å². The van der Waals surface area contributed by atoms with Crippen LogP contribution in [-0.2, 0) is 21.7 Å². The van der Waals surface area contributed by atoms with Crippen molar-refractivity contribution in [3.63, 3.8) is 0 Å². The third-order valence-electron chi connectivity index (χ3n) is 6.91. The van der Waals surface area contributed by atoms with E-state index in [4.69, 9.17) is 27.9 Å². The number of carbonyl (C=O) groups is 2. The maximum Gasteiger partial charge on any atom is 0.410 e. The number of anilines is 1. The summed E-state index contributed by atoms with van der Waals surface area (Å²) < 4.78 is 5.47. The maximum absolute atomic E-state index is 13.4. The Hall–Kier alpha value is -3.10. The van der Waals surface area contributed by atoms with Gasteiger partial charge in [0.1, 0.15) is 6.61 Å². The van der Waals surface area contributed by atoms with Crippen LogP contribution in [0.4, 0.5) is 10.5 Å².